The molecule has 0 N–H and O–H groups in total. The van der Waals surface area contributed by atoms with E-state index in [9.17, 15) is 4.79 Å². The second-order valence-corrected chi connectivity index (χ2v) is 4.80. The molecule has 0 aromatic heterocycles. The molecule has 104 valence electrons. The molecule has 0 bridgehead atoms. The number of benzene rings is 1. The second-order valence-electron chi connectivity index (χ2n) is 4.80. The Morgan fingerprint density at radius 3 is 2.89 bits per heavy atom. The number of rotatable bonds is 6. The first-order valence-electron chi connectivity index (χ1n) is 6.75. The fourth-order valence-corrected chi connectivity index (χ4v) is 2.09. The van der Waals surface area contributed by atoms with E-state index < -0.39 is 0 Å². The highest BCUT2D eigenvalue weighted by Gasteiger charge is 2.25. The van der Waals surface area contributed by atoms with E-state index in [0.29, 0.717) is 26.4 Å². The quantitative estimate of drug-likeness (QED) is 0.735. The van der Waals surface area contributed by atoms with Gasteiger partial charge in [0.2, 0.25) is 0 Å². The molecule has 0 aliphatic carbocycles. The molecule has 4 heteroatoms. The molecule has 0 unspecified atom stereocenters. The number of nitrogens with zero attached hydrogens (tertiary/aromatic N) is 1. The minimum Gasteiger partial charge on any atom is -0.375 e. The van der Waals surface area contributed by atoms with E-state index in [2.05, 4.69) is 0 Å². The van der Waals surface area contributed by atoms with Crippen LogP contribution in [0.4, 0.5) is 0 Å². The maximum atomic E-state index is 12.0. The van der Waals surface area contributed by atoms with Crippen molar-refractivity contribution in [2.24, 2.45) is 0 Å². The first-order chi connectivity index (χ1) is 9.27. The Morgan fingerprint density at radius 2 is 2.21 bits per heavy atom. The summed E-state index contributed by atoms with van der Waals surface area (Å²) in [5.74, 6) is 0.0702. The summed E-state index contributed by atoms with van der Waals surface area (Å²) >= 11 is 0. The Morgan fingerprint density at radius 1 is 1.42 bits per heavy atom. The predicted octanol–water partition coefficient (Wildman–Crippen LogP) is 1.84. The first kappa shape index (κ1) is 14.0. The second kappa shape index (κ2) is 7.26. The lowest BCUT2D eigenvalue weighted by Gasteiger charge is -2.20. The van der Waals surface area contributed by atoms with Crippen LogP contribution in [-0.2, 0) is 20.9 Å². The molecule has 1 amide bonds. The topological polar surface area (TPSA) is 38.8 Å². The molecule has 0 radical (unpaired) electrons. The summed E-state index contributed by atoms with van der Waals surface area (Å²) in [6.07, 6.45) is 1.59. The summed E-state index contributed by atoms with van der Waals surface area (Å²) < 4.78 is 10.9. The number of ether oxygens (including phenoxy) is 2. The van der Waals surface area contributed by atoms with Crippen molar-refractivity contribution in [1.29, 1.82) is 0 Å². The largest absolute Gasteiger partial charge is 0.375 e. The normalized spacial score (nSPS) is 18.5. The van der Waals surface area contributed by atoms with Crippen LogP contribution in [0.5, 0.6) is 0 Å². The molecule has 1 aliphatic heterocycles. The molecule has 1 atom stereocenters. The van der Waals surface area contributed by atoms with Gasteiger partial charge in [0.25, 0.3) is 5.91 Å². The zero-order valence-corrected chi connectivity index (χ0v) is 11.4. The van der Waals surface area contributed by atoms with Crippen molar-refractivity contribution < 1.29 is 14.3 Å². The molecule has 2 rings (SSSR count). The van der Waals surface area contributed by atoms with E-state index >= 15 is 0 Å². The average Bonchev–Trinajstić information content (AvgIpc) is 2.98. The molecular weight excluding hydrogens is 242 g/mol. The van der Waals surface area contributed by atoms with Gasteiger partial charge in [-0.25, -0.2) is 0 Å². The van der Waals surface area contributed by atoms with Gasteiger partial charge in [-0.1, -0.05) is 30.3 Å². The third kappa shape index (κ3) is 4.33. The Kier molecular flexibility index (Phi) is 5.36. The smallest absolute Gasteiger partial charge is 0.251 e. The van der Waals surface area contributed by atoms with Crippen molar-refractivity contribution in [3.05, 3.63) is 35.9 Å². The molecule has 0 saturated carbocycles. The SMILES string of the molecule is CN(CCOCc1ccccc1)C(=O)[C@@H]1CCCO1. The van der Waals surface area contributed by atoms with Crippen LogP contribution in [-0.4, -0.2) is 43.7 Å². The minimum absolute atomic E-state index is 0.0702. The Hall–Kier alpha value is -1.39. The Balaban J connectivity index is 1.63. The number of likely N-dealkylation sites (N-methyl/N-ethyl adjacent to an activating group) is 1. The molecule has 1 aromatic rings. The van der Waals surface area contributed by atoms with Gasteiger partial charge in [-0.05, 0) is 18.4 Å². The number of hydrogen-bond donors (Lipinski definition) is 0. The molecule has 19 heavy (non-hydrogen) atoms. The van der Waals surface area contributed by atoms with Gasteiger partial charge in [0.05, 0.1) is 13.2 Å². The fraction of sp³-hybridized carbons (Fsp3) is 0.533. The maximum Gasteiger partial charge on any atom is 0.251 e. The number of carbonyl (C=O) groups is 1. The molecule has 4 nitrogen and oxygen atoms in total. The van der Waals surface area contributed by atoms with Crippen LogP contribution in [0.15, 0.2) is 30.3 Å². The summed E-state index contributed by atoms with van der Waals surface area (Å²) in [6, 6.07) is 10.0. The third-order valence-corrected chi connectivity index (χ3v) is 3.26. The molecule has 1 aromatic carbocycles. The highest BCUT2D eigenvalue weighted by molar-refractivity contribution is 5.80. The zero-order valence-electron chi connectivity index (χ0n) is 11.4. The summed E-state index contributed by atoms with van der Waals surface area (Å²) in [6.45, 7) is 2.44. The van der Waals surface area contributed by atoms with Crippen molar-refractivity contribution in [3.8, 4) is 0 Å². The monoisotopic (exact) mass is 263 g/mol. The summed E-state index contributed by atoms with van der Waals surface area (Å²) in [4.78, 5) is 13.7. The Labute approximate surface area is 114 Å². The summed E-state index contributed by atoms with van der Waals surface area (Å²) in [5.41, 5.74) is 1.15. The fourth-order valence-electron chi connectivity index (χ4n) is 2.09. The highest BCUT2D eigenvalue weighted by atomic mass is 16.5. The van der Waals surface area contributed by atoms with E-state index in [1.807, 2.05) is 30.3 Å². The van der Waals surface area contributed by atoms with Crippen LogP contribution in [0.25, 0.3) is 0 Å². The van der Waals surface area contributed by atoms with E-state index in [-0.39, 0.29) is 12.0 Å². The van der Waals surface area contributed by atoms with Crippen molar-refractivity contribution in [1.82, 2.24) is 4.90 Å². The van der Waals surface area contributed by atoms with Crippen LogP contribution < -0.4 is 0 Å². The average molecular weight is 263 g/mol. The lowest BCUT2D eigenvalue weighted by Crippen LogP contribution is -2.37. The molecule has 1 saturated heterocycles. The van der Waals surface area contributed by atoms with Crippen LogP contribution in [0, 0.1) is 0 Å². The summed E-state index contributed by atoms with van der Waals surface area (Å²) in [7, 11) is 1.80. The van der Waals surface area contributed by atoms with Crippen molar-refractivity contribution in [2.45, 2.75) is 25.6 Å². The standard InChI is InChI=1S/C15H21NO3/c1-16(15(17)14-8-5-10-19-14)9-11-18-12-13-6-3-2-4-7-13/h2-4,6-7,14H,5,8-12H2,1H3/t14-/m0/s1. The van der Waals surface area contributed by atoms with Crippen LogP contribution in [0.1, 0.15) is 18.4 Å². The van der Waals surface area contributed by atoms with Gasteiger partial charge >= 0.3 is 0 Å². The number of carbonyl (C=O) groups excluding carboxylic acids is 1. The van der Waals surface area contributed by atoms with Crippen molar-refractivity contribution in [2.75, 3.05) is 26.8 Å². The van der Waals surface area contributed by atoms with E-state index in [1.54, 1.807) is 11.9 Å². The zero-order chi connectivity index (χ0) is 13.5. The van der Waals surface area contributed by atoms with Crippen molar-refractivity contribution >= 4 is 5.91 Å². The number of hydrogen-bond acceptors (Lipinski definition) is 3. The van der Waals surface area contributed by atoms with Gasteiger partial charge in [-0.15, -0.1) is 0 Å². The van der Waals surface area contributed by atoms with Gasteiger partial charge in [-0.3, -0.25) is 4.79 Å². The lowest BCUT2D eigenvalue weighted by atomic mass is 10.2. The first-order valence-corrected chi connectivity index (χ1v) is 6.75. The molecule has 1 heterocycles. The van der Waals surface area contributed by atoms with Gasteiger partial charge in [0.15, 0.2) is 0 Å². The Bertz CT molecular complexity index is 388. The summed E-state index contributed by atoms with van der Waals surface area (Å²) in [5, 5.41) is 0. The van der Waals surface area contributed by atoms with Crippen LogP contribution in [0.3, 0.4) is 0 Å². The van der Waals surface area contributed by atoms with E-state index in [1.165, 1.54) is 0 Å². The van der Waals surface area contributed by atoms with Crippen LogP contribution in [0.2, 0.25) is 0 Å². The molecular formula is C15H21NO3. The van der Waals surface area contributed by atoms with E-state index in [4.69, 9.17) is 9.47 Å². The van der Waals surface area contributed by atoms with Gasteiger partial charge in [-0.2, -0.15) is 0 Å². The van der Waals surface area contributed by atoms with Gasteiger partial charge < -0.3 is 14.4 Å². The predicted molar refractivity (Wildman–Crippen MR) is 72.7 cm³/mol. The molecule has 1 aliphatic rings. The number of amides is 1. The molecule has 0 spiro atoms. The lowest BCUT2D eigenvalue weighted by molar-refractivity contribution is -0.140. The van der Waals surface area contributed by atoms with E-state index in [0.717, 1.165) is 18.4 Å². The molecule has 1 fully saturated rings. The highest BCUT2D eigenvalue weighted by Crippen LogP contribution is 2.13. The van der Waals surface area contributed by atoms with Gasteiger partial charge in [0.1, 0.15) is 6.10 Å². The van der Waals surface area contributed by atoms with Crippen LogP contribution >= 0.6 is 0 Å². The third-order valence-electron chi connectivity index (χ3n) is 3.26. The van der Waals surface area contributed by atoms with Gasteiger partial charge in [0, 0.05) is 20.2 Å². The van der Waals surface area contributed by atoms with Crippen molar-refractivity contribution in [3.63, 3.8) is 0 Å². The minimum atomic E-state index is -0.237. The maximum absolute atomic E-state index is 12.0.